The minimum atomic E-state index is -1.45. The lowest BCUT2D eigenvalue weighted by Gasteiger charge is -2.17. The summed E-state index contributed by atoms with van der Waals surface area (Å²) in [5.74, 6) is 1.05. The van der Waals surface area contributed by atoms with Crippen LogP contribution in [0.25, 0.3) is 0 Å². The van der Waals surface area contributed by atoms with Gasteiger partial charge in [-0.15, -0.1) is 0 Å². The highest BCUT2D eigenvalue weighted by Gasteiger charge is 2.29. The summed E-state index contributed by atoms with van der Waals surface area (Å²) >= 11 is 0. The van der Waals surface area contributed by atoms with Crippen LogP contribution in [-0.2, 0) is 22.1 Å². The van der Waals surface area contributed by atoms with E-state index in [1.54, 1.807) is 24.3 Å². The number of rotatable bonds is 3. The number of fused-ring (bicyclic) bond motifs is 2. The highest BCUT2D eigenvalue weighted by Crippen LogP contribution is 2.32. The molecule has 6 nitrogen and oxygen atoms in total. The Kier molecular flexibility index (Phi) is 3.78. The van der Waals surface area contributed by atoms with Crippen LogP contribution in [0.5, 0.6) is 11.5 Å². The van der Waals surface area contributed by atoms with E-state index in [1.165, 1.54) is 6.21 Å². The second-order valence-corrected chi connectivity index (χ2v) is 6.91. The average Bonchev–Trinajstić information content (AvgIpc) is 3.08. The Bertz CT molecular complexity index is 865. The maximum absolute atomic E-state index is 12.5. The molecule has 0 spiro atoms. The van der Waals surface area contributed by atoms with E-state index in [0.29, 0.717) is 28.6 Å². The molecule has 2 unspecified atom stereocenters. The lowest BCUT2D eigenvalue weighted by atomic mass is 10.2. The fourth-order valence-corrected chi connectivity index (χ4v) is 3.84. The van der Waals surface area contributed by atoms with E-state index < -0.39 is 16.0 Å². The molecule has 2 aromatic carbocycles. The molecule has 0 aliphatic carbocycles. The van der Waals surface area contributed by atoms with Gasteiger partial charge in [0.15, 0.2) is 16.7 Å². The molecule has 2 aliphatic heterocycles. The first kappa shape index (κ1) is 14.9. The lowest BCUT2D eigenvalue weighted by Crippen LogP contribution is -2.39. The predicted molar refractivity (Wildman–Crippen MR) is 89.2 cm³/mol. The minimum absolute atomic E-state index is 0.210. The van der Waals surface area contributed by atoms with Crippen LogP contribution in [0, 0.1) is 0 Å². The van der Waals surface area contributed by atoms with Crippen molar-refractivity contribution in [3.8, 4) is 11.5 Å². The van der Waals surface area contributed by atoms with Crippen molar-refractivity contribution in [2.75, 3.05) is 6.79 Å². The topological polar surface area (TPSA) is 77.0 Å². The highest BCUT2D eigenvalue weighted by atomic mass is 32.2. The van der Waals surface area contributed by atoms with E-state index in [9.17, 15) is 9.00 Å². The summed E-state index contributed by atoms with van der Waals surface area (Å²) in [5.41, 5.74) is 1.53. The van der Waals surface area contributed by atoms with Crippen molar-refractivity contribution >= 4 is 28.6 Å². The summed E-state index contributed by atoms with van der Waals surface area (Å²) < 4.78 is 23.1. The molecule has 2 heterocycles. The number of nitrogens with one attached hydrogen (secondary N) is 1. The van der Waals surface area contributed by atoms with Crippen LogP contribution in [0.15, 0.2) is 52.4 Å². The molecular formula is C17H14N2O4S. The smallest absolute Gasteiger partial charge is 0.241 e. The van der Waals surface area contributed by atoms with Gasteiger partial charge in [0.25, 0.3) is 0 Å². The van der Waals surface area contributed by atoms with Gasteiger partial charge in [-0.05, 0) is 29.8 Å². The SMILES string of the molecule is O=C(NCc1ccc2c(c1)OCO2)C1C=Nc2ccccc2S1=O. The van der Waals surface area contributed by atoms with Crippen LogP contribution in [-0.4, -0.2) is 28.4 Å². The monoisotopic (exact) mass is 342 g/mol. The standard InChI is InChI=1S/C17H14N2O4S/c20-17(16-9-18-12-3-1-2-4-15(12)24(16)21)19-8-11-5-6-13-14(7-11)23-10-22-13/h1-7,9,16H,8,10H2,(H,19,20). The number of hydrogen-bond acceptors (Lipinski definition) is 5. The third kappa shape index (κ3) is 2.67. The van der Waals surface area contributed by atoms with Crippen molar-refractivity contribution in [1.29, 1.82) is 0 Å². The van der Waals surface area contributed by atoms with Crippen molar-refractivity contribution < 1.29 is 18.5 Å². The van der Waals surface area contributed by atoms with Crippen LogP contribution in [0.4, 0.5) is 5.69 Å². The van der Waals surface area contributed by atoms with Crippen molar-refractivity contribution in [1.82, 2.24) is 5.32 Å². The summed E-state index contributed by atoms with van der Waals surface area (Å²) in [6.45, 7) is 0.529. The van der Waals surface area contributed by atoms with Gasteiger partial charge < -0.3 is 14.8 Å². The fraction of sp³-hybridized carbons (Fsp3) is 0.176. The third-order valence-electron chi connectivity index (χ3n) is 3.82. The van der Waals surface area contributed by atoms with E-state index in [2.05, 4.69) is 10.3 Å². The highest BCUT2D eigenvalue weighted by molar-refractivity contribution is 7.87. The molecule has 4 rings (SSSR count). The van der Waals surface area contributed by atoms with Crippen molar-refractivity contribution in [2.45, 2.75) is 16.7 Å². The zero-order chi connectivity index (χ0) is 16.5. The molecule has 24 heavy (non-hydrogen) atoms. The van der Waals surface area contributed by atoms with Gasteiger partial charge in [-0.1, -0.05) is 18.2 Å². The Hall–Kier alpha value is -2.67. The molecule has 0 aromatic heterocycles. The summed E-state index contributed by atoms with van der Waals surface area (Å²) in [6.07, 6.45) is 1.45. The largest absolute Gasteiger partial charge is 0.454 e. The Morgan fingerprint density at radius 2 is 2.04 bits per heavy atom. The summed E-state index contributed by atoms with van der Waals surface area (Å²) in [4.78, 5) is 17.2. The van der Waals surface area contributed by atoms with Gasteiger partial charge in [0, 0.05) is 12.8 Å². The molecule has 2 aromatic rings. The van der Waals surface area contributed by atoms with Crippen LogP contribution < -0.4 is 14.8 Å². The number of ether oxygens (including phenoxy) is 2. The molecule has 2 atom stereocenters. The first-order valence-corrected chi connectivity index (χ1v) is 8.64. The van der Waals surface area contributed by atoms with E-state index in [4.69, 9.17) is 9.47 Å². The summed E-state index contributed by atoms with van der Waals surface area (Å²) in [5, 5.41) is 2.02. The Morgan fingerprint density at radius 3 is 2.96 bits per heavy atom. The van der Waals surface area contributed by atoms with Gasteiger partial charge in [0.05, 0.1) is 21.4 Å². The fourth-order valence-electron chi connectivity index (χ4n) is 2.58. The van der Waals surface area contributed by atoms with E-state index in [0.717, 1.165) is 5.56 Å². The Morgan fingerprint density at radius 1 is 1.21 bits per heavy atom. The second kappa shape index (κ2) is 6.09. The third-order valence-corrected chi connectivity index (χ3v) is 5.40. The quantitative estimate of drug-likeness (QED) is 0.924. The van der Waals surface area contributed by atoms with Gasteiger partial charge in [0.2, 0.25) is 12.7 Å². The first-order chi connectivity index (χ1) is 11.7. The second-order valence-electron chi connectivity index (χ2n) is 5.37. The number of hydrogen-bond donors (Lipinski definition) is 1. The molecule has 1 N–H and O–H groups in total. The van der Waals surface area contributed by atoms with Crippen molar-refractivity contribution in [3.05, 3.63) is 48.0 Å². The lowest BCUT2D eigenvalue weighted by molar-refractivity contribution is -0.119. The number of amides is 1. The van der Waals surface area contributed by atoms with Gasteiger partial charge in [-0.25, -0.2) is 0 Å². The molecule has 122 valence electrons. The van der Waals surface area contributed by atoms with Gasteiger partial charge in [0.1, 0.15) is 0 Å². The van der Waals surface area contributed by atoms with Gasteiger partial charge >= 0.3 is 0 Å². The van der Waals surface area contributed by atoms with Crippen LogP contribution >= 0.6 is 0 Å². The minimum Gasteiger partial charge on any atom is -0.454 e. The van der Waals surface area contributed by atoms with Crippen LogP contribution in [0.1, 0.15) is 5.56 Å². The molecule has 0 bridgehead atoms. The zero-order valence-corrected chi connectivity index (χ0v) is 13.4. The Balaban J connectivity index is 1.45. The molecular weight excluding hydrogens is 328 g/mol. The van der Waals surface area contributed by atoms with Crippen molar-refractivity contribution in [2.24, 2.45) is 4.99 Å². The average molecular weight is 342 g/mol. The van der Waals surface area contributed by atoms with Crippen LogP contribution in [0.2, 0.25) is 0 Å². The number of nitrogens with zero attached hydrogens (tertiary/aromatic N) is 1. The molecule has 1 amide bonds. The number of benzene rings is 2. The Labute approximate surface area is 141 Å². The van der Waals surface area contributed by atoms with Crippen LogP contribution in [0.3, 0.4) is 0 Å². The van der Waals surface area contributed by atoms with E-state index in [1.807, 2.05) is 18.2 Å². The maximum atomic E-state index is 12.5. The molecule has 0 radical (unpaired) electrons. The normalized spacial score (nSPS) is 20.5. The number of aliphatic imine (C=N–C) groups is 1. The first-order valence-electron chi connectivity index (χ1n) is 7.42. The molecule has 2 aliphatic rings. The predicted octanol–water partition coefficient (Wildman–Crippen LogP) is 1.92. The number of carbonyl (C=O) groups excluding carboxylic acids is 1. The molecule has 0 saturated carbocycles. The summed E-state index contributed by atoms with van der Waals surface area (Å²) in [7, 11) is -1.45. The number of carbonyl (C=O) groups is 1. The zero-order valence-electron chi connectivity index (χ0n) is 12.6. The van der Waals surface area contributed by atoms with Gasteiger partial charge in [-0.2, -0.15) is 0 Å². The van der Waals surface area contributed by atoms with Crippen molar-refractivity contribution in [3.63, 3.8) is 0 Å². The molecule has 7 heteroatoms. The summed E-state index contributed by atoms with van der Waals surface area (Å²) in [6, 6.07) is 12.6. The number of para-hydroxylation sites is 1. The molecule has 0 saturated heterocycles. The maximum Gasteiger partial charge on any atom is 0.241 e. The van der Waals surface area contributed by atoms with E-state index in [-0.39, 0.29) is 12.7 Å². The van der Waals surface area contributed by atoms with E-state index >= 15 is 0 Å². The molecule has 0 fully saturated rings. The van der Waals surface area contributed by atoms with Gasteiger partial charge in [-0.3, -0.25) is 14.0 Å².